The second-order valence-electron chi connectivity index (χ2n) is 9.02. The van der Waals surface area contributed by atoms with Gasteiger partial charge in [-0.25, -0.2) is 4.79 Å². The highest BCUT2D eigenvalue weighted by Crippen LogP contribution is 2.57. The maximum absolute atomic E-state index is 13.4. The fourth-order valence-electron chi connectivity index (χ4n) is 5.74. The van der Waals surface area contributed by atoms with Crippen molar-refractivity contribution in [3.8, 4) is 5.75 Å². The molecule has 1 aromatic carbocycles. The van der Waals surface area contributed by atoms with Crippen molar-refractivity contribution in [2.24, 2.45) is 10.8 Å². The second kappa shape index (κ2) is 8.05. The van der Waals surface area contributed by atoms with E-state index in [0.717, 1.165) is 25.8 Å². The number of fused-ring (bicyclic) bond motifs is 1. The van der Waals surface area contributed by atoms with Gasteiger partial charge in [-0.05, 0) is 38.3 Å². The summed E-state index contributed by atoms with van der Waals surface area (Å²) < 4.78 is 5.22. The van der Waals surface area contributed by atoms with E-state index in [1.165, 1.54) is 0 Å². The van der Waals surface area contributed by atoms with Gasteiger partial charge in [-0.2, -0.15) is 0 Å². The number of piperidine rings is 1. The Balaban J connectivity index is 1.49. The number of carbonyl (C=O) groups excluding carboxylic acids is 3. The van der Waals surface area contributed by atoms with E-state index in [-0.39, 0.29) is 23.3 Å². The molecule has 4 amide bonds. The average molecular weight is 429 g/mol. The van der Waals surface area contributed by atoms with Crippen LogP contribution in [0.4, 0.5) is 10.5 Å². The van der Waals surface area contributed by atoms with Crippen molar-refractivity contribution in [2.75, 3.05) is 51.7 Å². The van der Waals surface area contributed by atoms with Crippen LogP contribution in [0.2, 0.25) is 0 Å². The molecule has 0 aromatic heterocycles. The zero-order chi connectivity index (χ0) is 22.2. The van der Waals surface area contributed by atoms with Crippen molar-refractivity contribution in [3.05, 3.63) is 24.3 Å². The molecule has 0 aliphatic carbocycles. The van der Waals surface area contributed by atoms with Gasteiger partial charge >= 0.3 is 6.03 Å². The lowest BCUT2D eigenvalue weighted by Crippen LogP contribution is -2.54. The Morgan fingerprint density at radius 3 is 2.45 bits per heavy atom. The first-order valence-electron chi connectivity index (χ1n) is 11.1. The van der Waals surface area contributed by atoms with E-state index in [0.29, 0.717) is 44.2 Å². The summed E-state index contributed by atoms with van der Waals surface area (Å²) in [6.07, 6.45) is 2.25. The highest BCUT2D eigenvalue weighted by molar-refractivity contribution is 5.90. The Morgan fingerprint density at radius 1 is 1.10 bits per heavy atom. The van der Waals surface area contributed by atoms with Crippen LogP contribution in [0, 0.1) is 10.8 Å². The lowest BCUT2D eigenvalue weighted by molar-refractivity contribution is -0.141. The Kier molecular flexibility index (Phi) is 5.58. The summed E-state index contributed by atoms with van der Waals surface area (Å²) in [5.74, 6) is 0.901. The van der Waals surface area contributed by atoms with Gasteiger partial charge in [0, 0.05) is 63.4 Å². The van der Waals surface area contributed by atoms with Crippen molar-refractivity contribution in [3.63, 3.8) is 0 Å². The molecule has 4 rings (SSSR count). The standard InChI is InChI=1S/C23H32N4O4/c1-4-25-13-10-23(20(25)29)16-27(17(2)28)15-22(23)8-11-26(12-9-22)21(30)24-18-6-5-7-19(14-18)31-3/h5-7,14H,4,8-13,15-16H2,1-3H3,(H,24,30)/t23-/m1/s1. The zero-order valence-electron chi connectivity index (χ0n) is 18.6. The smallest absolute Gasteiger partial charge is 0.321 e. The molecule has 3 heterocycles. The van der Waals surface area contributed by atoms with E-state index < -0.39 is 5.41 Å². The summed E-state index contributed by atoms with van der Waals surface area (Å²) in [4.78, 5) is 44.1. The van der Waals surface area contributed by atoms with Crippen molar-refractivity contribution in [1.29, 1.82) is 0 Å². The SMILES string of the molecule is CCN1CC[C@@]2(CN(C(C)=O)CC23CCN(C(=O)Nc2cccc(OC)c2)CC3)C1=O. The predicted molar refractivity (Wildman–Crippen MR) is 117 cm³/mol. The van der Waals surface area contributed by atoms with Crippen molar-refractivity contribution < 1.29 is 19.1 Å². The van der Waals surface area contributed by atoms with Crippen LogP contribution >= 0.6 is 0 Å². The molecule has 1 atom stereocenters. The number of ether oxygens (including phenoxy) is 1. The number of urea groups is 1. The summed E-state index contributed by atoms with van der Waals surface area (Å²) in [6, 6.07) is 7.14. The number of carbonyl (C=O) groups is 3. The third kappa shape index (κ3) is 3.51. The minimum absolute atomic E-state index is 0.0252. The van der Waals surface area contributed by atoms with Crippen LogP contribution in [0.3, 0.4) is 0 Å². The summed E-state index contributed by atoms with van der Waals surface area (Å²) in [6.45, 7) is 7.30. The van der Waals surface area contributed by atoms with Gasteiger partial charge in [0.2, 0.25) is 11.8 Å². The number of nitrogens with one attached hydrogen (secondary N) is 1. The van der Waals surface area contributed by atoms with Crippen LogP contribution in [0.15, 0.2) is 24.3 Å². The number of methoxy groups -OCH3 is 1. The highest BCUT2D eigenvalue weighted by Gasteiger charge is 2.65. The van der Waals surface area contributed by atoms with Crippen LogP contribution in [0.25, 0.3) is 0 Å². The molecular weight excluding hydrogens is 396 g/mol. The molecule has 31 heavy (non-hydrogen) atoms. The van der Waals surface area contributed by atoms with E-state index in [1.54, 1.807) is 20.1 Å². The summed E-state index contributed by atoms with van der Waals surface area (Å²) in [5.41, 5.74) is -0.0782. The van der Waals surface area contributed by atoms with E-state index in [2.05, 4.69) is 5.32 Å². The number of benzene rings is 1. The molecule has 3 fully saturated rings. The number of hydrogen-bond acceptors (Lipinski definition) is 4. The molecule has 8 nitrogen and oxygen atoms in total. The van der Waals surface area contributed by atoms with Crippen LogP contribution in [-0.4, -0.2) is 78.9 Å². The quantitative estimate of drug-likeness (QED) is 0.802. The molecule has 3 aliphatic heterocycles. The first-order valence-corrected chi connectivity index (χ1v) is 11.1. The van der Waals surface area contributed by atoms with Crippen molar-refractivity contribution >= 4 is 23.5 Å². The van der Waals surface area contributed by atoms with Gasteiger partial charge in [0.15, 0.2) is 0 Å². The van der Waals surface area contributed by atoms with E-state index in [9.17, 15) is 14.4 Å². The first-order chi connectivity index (χ1) is 14.8. The lowest BCUT2D eigenvalue weighted by Gasteiger charge is -2.46. The fourth-order valence-corrected chi connectivity index (χ4v) is 5.74. The summed E-state index contributed by atoms with van der Waals surface area (Å²) >= 11 is 0. The molecule has 1 N–H and O–H groups in total. The number of amides is 4. The Labute approximate surface area is 183 Å². The molecule has 0 bridgehead atoms. The predicted octanol–water partition coefficient (Wildman–Crippen LogP) is 2.41. The summed E-state index contributed by atoms with van der Waals surface area (Å²) in [7, 11) is 1.59. The third-order valence-corrected chi connectivity index (χ3v) is 7.63. The summed E-state index contributed by atoms with van der Waals surface area (Å²) in [5, 5.41) is 2.95. The van der Waals surface area contributed by atoms with Crippen LogP contribution in [0.1, 0.15) is 33.1 Å². The minimum atomic E-state index is -0.510. The van der Waals surface area contributed by atoms with Gasteiger partial charge in [-0.1, -0.05) is 6.07 Å². The van der Waals surface area contributed by atoms with E-state index in [4.69, 9.17) is 4.74 Å². The Bertz CT molecular complexity index is 880. The number of anilines is 1. The molecule has 0 saturated carbocycles. The maximum atomic E-state index is 13.4. The van der Waals surface area contributed by atoms with Gasteiger partial charge < -0.3 is 24.8 Å². The largest absolute Gasteiger partial charge is 0.497 e. The monoisotopic (exact) mass is 428 g/mol. The minimum Gasteiger partial charge on any atom is -0.497 e. The van der Waals surface area contributed by atoms with Crippen LogP contribution in [0.5, 0.6) is 5.75 Å². The number of hydrogen-bond donors (Lipinski definition) is 1. The molecule has 0 radical (unpaired) electrons. The topological polar surface area (TPSA) is 82.2 Å². The zero-order valence-corrected chi connectivity index (χ0v) is 18.6. The molecule has 1 aromatic rings. The first kappa shape index (κ1) is 21.5. The van der Waals surface area contributed by atoms with Gasteiger partial charge in [0.25, 0.3) is 0 Å². The average Bonchev–Trinajstić information content (AvgIpc) is 3.27. The van der Waals surface area contributed by atoms with Crippen LogP contribution < -0.4 is 10.1 Å². The van der Waals surface area contributed by atoms with Crippen molar-refractivity contribution in [2.45, 2.75) is 33.1 Å². The molecule has 3 aliphatic rings. The van der Waals surface area contributed by atoms with Crippen molar-refractivity contribution in [1.82, 2.24) is 14.7 Å². The lowest BCUT2D eigenvalue weighted by atomic mass is 9.60. The Hall–Kier alpha value is -2.77. The maximum Gasteiger partial charge on any atom is 0.321 e. The number of nitrogens with zero attached hydrogens (tertiary/aromatic N) is 3. The van der Waals surface area contributed by atoms with Gasteiger partial charge in [0.1, 0.15) is 5.75 Å². The van der Waals surface area contributed by atoms with E-state index >= 15 is 0 Å². The highest BCUT2D eigenvalue weighted by atomic mass is 16.5. The number of rotatable bonds is 3. The molecular formula is C23H32N4O4. The van der Waals surface area contributed by atoms with Gasteiger partial charge in [-0.15, -0.1) is 0 Å². The van der Waals surface area contributed by atoms with Gasteiger partial charge in [0.05, 0.1) is 12.5 Å². The van der Waals surface area contributed by atoms with Crippen LogP contribution in [-0.2, 0) is 9.59 Å². The fraction of sp³-hybridized carbons (Fsp3) is 0.609. The molecule has 8 heteroatoms. The number of likely N-dealkylation sites (tertiary alicyclic amines) is 3. The Morgan fingerprint density at radius 2 is 1.84 bits per heavy atom. The molecule has 168 valence electrons. The molecule has 2 spiro atoms. The molecule has 0 unspecified atom stereocenters. The second-order valence-corrected chi connectivity index (χ2v) is 9.02. The normalized spacial score (nSPS) is 24.9. The van der Waals surface area contributed by atoms with Gasteiger partial charge in [-0.3, -0.25) is 9.59 Å². The third-order valence-electron chi connectivity index (χ3n) is 7.63. The molecule has 3 saturated heterocycles. The van der Waals surface area contributed by atoms with E-state index in [1.807, 2.05) is 39.8 Å².